The molecular weight excluding hydrogens is 287 g/mol. The minimum Gasteiger partial charge on any atom is -0.478 e. The van der Waals surface area contributed by atoms with E-state index < -0.39 is 25.2 Å². The number of hydrogen-bond donors (Lipinski definition) is 3. The van der Waals surface area contributed by atoms with E-state index in [1.54, 1.807) is 30.3 Å². The Balaban J connectivity index is 2.22. The molecule has 0 fully saturated rings. The topological polar surface area (TPSA) is 104 Å². The molecule has 0 bridgehead atoms. The number of aliphatic carboxylic acids is 1. The molecule has 2 rings (SSSR count). The maximum Gasteiger partial charge on any atom is 0.488 e. The number of ether oxygens (including phenoxy) is 1. The highest BCUT2D eigenvalue weighted by Crippen LogP contribution is 2.19. The Labute approximate surface area is 126 Å². The predicted molar refractivity (Wildman–Crippen MR) is 78.5 cm³/mol. The van der Waals surface area contributed by atoms with Gasteiger partial charge in [0.1, 0.15) is 0 Å². The highest BCUT2D eigenvalue weighted by Gasteiger charge is 2.25. The van der Waals surface area contributed by atoms with Crippen molar-refractivity contribution in [1.29, 1.82) is 0 Å². The third-order valence-electron chi connectivity index (χ3n) is 2.97. The van der Waals surface area contributed by atoms with Gasteiger partial charge in [-0.2, -0.15) is 0 Å². The summed E-state index contributed by atoms with van der Waals surface area (Å²) in [5.41, 5.74) is 0.482. The second-order valence-corrected chi connectivity index (χ2v) is 4.53. The summed E-state index contributed by atoms with van der Waals surface area (Å²) < 4.78 is 5.02. The van der Waals surface area contributed by atoms with Gasteiger partial charge in [-0.1, -0.05) is 42.5 Å². The van der Waals surface area contributed by atoms with Crippen LogP contribution in [0.1, 0.15) is 22.0 Å². The summed E-state index contributed by atoms with van der Waals surface area (Å²) in [7, 11) is -1.72. The molecule has 22 heavy (non-hydrogen) atoms. The first-order chi connectivity index (χ1) is 10.5. The van der Waals surface area contributed by atoms with Gasteiger partial charge < -0.3 is 19.9 Å². The van der Waals surface area contributed by atoms with E-state index in [2.05, 4.69) is 0 Å². The fraction of sp³-hybridized carbons (Fsp3) is 0.0667. The SMILES string of the molecule is O=C(O[C@H](C(=O)O)c1ccccc1)c1cccc(B(O)O)c1. The summed E-state index contributed by atoms with van der Waals surface area (Å²) in [4.78, 5) is 23.3. The molecule has 0 aliphatic heterocycles. The molecule has 0 saturated heterocycles. The Morgan fingerprint density at radius 1 is 1.00 bits per heavy atom. The molecule has 112 valence electrons. The van der Waals surface area contributed by atoms with E-state index in [-0.39, 0.29) is 11.0 Å². The van der Waals surface area contributed by atoms with E-state index in [4.69, 9.17) is 14.8 Å². The van der Waals surface area contributed by atoms with Gasteiger partial charge in [-0.25, -0.2) is 9.59 Å². The number of carboxylic acids is 1. The summed E-state index contributed by atoms with van der Waals surface area (Å²) in [6.45, 7) is 0. The van der Waals surface area contributed by atoms with Crippen LogP contribution < -0.4 is 5.46 Å². The van der Waals surface area contributed by atoms with Crippen LogP contribution in [0.2, 0.25) is 0 Å². The number of carbonyl (C=O) groups excluding carboxylic acids is 1. The summed E-state index contributed by atoms with van der Waals surface area (Å²) in [5.74, 6) is -2.16. The third-order valence-corrected chi connectivity index (χ3v) is 2.97. The third kappa shape index (κ3) is 3.72. The van der Waals surface area contributed by atoms with E-state index in [0.29, 0.717) is 5.56 Å². The molecule has 0 aromatic heterocycles. The Hall–Kier alpha value is -2.64. The highest BCUT2D eigenvalue weighted by atomic mass is 16.6. The lowest BCUT2D eigenvalue weighted by Crippen LogP contribution is -2.30. The van der Waals surface area contributed by atoms with Crippen molar-refractivity contribution in [2.24, 2.45) is 0 Å². The molecule has 0 radical (unpaired) electrons. The van der Waals surface area contributed by atoms with Gasteiger partial charge in [0.2, 0.25) is 6.10 Å². The van der Waals surface area contributed by atoms with Gasteiger partial charge in [0.05, 0.1) is 5.56 Å². The van der Waals surface area contributed by atoms with E-state index in [1.807, 2.05) is 0 Å². The zero-order valence-corrected chi connectivity index (χ0v) is 11.4. The van der Waals surface area contributed by atoms with Crippen molar-refractivity contribution in [2.45, 2.75) is 6.10 Å². The zero-order chi connectivity index (χ0) is 16.1. The molecule has 0 heterocycles. The first-order valence-electron chi connectivity index (χ1n) is 6.44. The van der Waals surface area contributed by atoms with E-state index in [9.17, 15) is 14.7 Å². The average Bonchev–Trinajstić information content (AvgIpc) is 2.53. The Morgan fingerprint density at radius 2 is 1.68 bits per heavy atom. The molecule has 0 aliphatic rings. The van der Waals surface area contributed by atoms with Gasteiger partial charge in [-0.15, -0.1) is 0 Å². The summed E-state index contributed by atoms with van der Waals surface area (Å²) in [5, 5.41) is 27.4. The second-order valence-electron chi connectivity index (χ2n) is 4.53. The van der Waals surface area contributed by atoms with Crippen LogP contribution >= 0.6 is 0 Å². The second kappa shape index (κ2) is 6.88. The molecule has 2 aromatic rings. The number of benzene rings is 2. The number of carbonyl (C=O) groups is 2. The number of rotatable bonds is 5. The van der Waals surface area contributed by atoms with Crippen LogP contribution in [0.25, 0.3) is 0 Å². The van der Waals surface area contributed by atoms with Crippen LogP contribution in [0.5, 0.6) is 0 Å². The maximum absolute atomic E-state index is 12.1. The van der Waals surface area contributed by atoms with Gasteiger partial charge in [0.15, 0.2) is 0 Å². The minimum atomic E-state index is -1.72. The molecular formula is C15H13BO6. The highest BCUT2D eigenvalue weighted by molar-refractivity contribution is 6.58. The number of esters is 1. The van der Waals surface area contributed by atoms with Crippen LogP contribution in [0.4, 0.5) is 0 Å². The lowest BCUT2D eigenvalue weighted by molar-refractivity contribution is -0.147. The molecule has 0 aliphatic carbocycles. The summed E-state index contributed by atoms with van der Waals surface area (Å²) >= 11 is 0. The summed E-state index contributed by atoms with van der Waals surface area (Å²) in [6, 6.07) is 13.6. The van der Waals surface area contributed by atoms with Crippen molar-refractivity contribution in [3.8, 4) is 0 Å². The molecule has 0 unspecified atom stereocenters. The number of carboxylic acid groups (broad SMARTS) is 1. The lowest BCUT2D eigenvalue weighted by atomic mass is 9.80. The first kappa shape index (κ1) is 15.7. The predicted octanol–water partition coefficient (Wildman–Crippen LogP) is 0.349. The van der Waals surface area contributed by atoms with Gasteiger partial charge in [0.25, 0.3) is 0 Å². The van der Waals surface area contributed by atoms with Gasteiger partial charge >= 0.3 is 19.1 Å². The fourth-order valence-corrected chi connectivity index (χ4v) is 1.89. The molecule has 0 saturated carbocycles. The smallest absolute Gasteiger partial charge is 0.478 e. The fourth-order valence-electron chi connectivity index (χ4n) is 1.89. The minimum absolute atomic E-state index is 0.0350. The number of hydrogen-bond acceptors (Lipinski definition) is 5. The molecule has 7 heteroatoms. The maximum atomic E-state index is 12.1. The standard InChI is InChI=1S/C15H13BO6/c17-14(18)13(10-5-2-1-3-6-10)22-15(19)11-7-4-8-12(9-11)16(20)21/h1-9,13,20-21H,(H,17,18)/t13-/m0/s1. The van der Waals surface area contributed by atoms with Crippen LogP contribution in [0.3, 0.4) is 0 Å². The van der Waals surface area contributed by atoms with Crippen molar-refractivity contribution < 1.29 is 29.5 Å². The van der Waals surface area contributed by atoms with E-state index in [1.165, 1.54) is 24.3 Å². The van der Waals surface area contributed by atoms with Crippen molar-refractivity contribution in [3.05, 3.63) is 65.7 Å². The molecule has 0 spiro atoms. The largest absolute Gasteiger partial charge is 0.488 e. The normalized spacial score (nSPS) is 11.5. The van der Waals surface area contributed by atoms with Crippen molar-refractivity contribution in [3.63, 3.8) is 0 Å². The van der Waals surface area contributed by atoms with E-state index >= 15 is 0 Å². The van der Waals surface area contributed by atoms with Crippen LogP contribution in [0, 0.1) is 0 Å². The van der Waals surface area contributed by atoms with Crippen LogP contribution in [0.15, 0.2) is 54.6 Å². The van der Waals surface area contributed by atoms with Crippen molar-refractivity contribution in [2.75, 3.05) is 0 Å². The van der Waals surface area contributed by atoms with Crippen molar-refractivity contribution in [1.82, 2.24) is 0 Å². The zero-order valence-electron chi connectivity index (χ0n) is 11.4. The molecule has 0 amide bonds. The Bertz CT molecular complexity index is 671. The molecule has 3 N–H and O–H groups in total. The quantitative estimate of drug-likeness (QED) is 0.543. The van der Waals surface area contributed by atoms with Crippen LogP contribution in [-0.2, 0) is 9.53 Å². The van der Waals surface area contributed by atoms with Crippen LogP contribution in [-0.4, -0.2) is 34.2 Å². The van der Waals surface area contributed by atoms with Gasteiger partial charge in [-0.05, 0) is 17.6 Å². The van der Waals surface area contributed by atoms with Crippen molar-refractivity contribution >= 4 is 24.5 Å². The Kier molecular flexibility index (Phi) is 4.93. The lowest BCUT2D eigenvalue weighted by Gasteiger charge is -2.14. The molecule has 2 aromatic carbocycles. The summed E-state index contributed by atoms with van der Waals surface area (Å²) in [6.07, 6.45) is -1.43. The van der Waals surface area contributed by atoms with E-state index in [0.717, 1.165) is 0 Å². The average molecular weight is 300 g/mol. The monoisotopic (exact) mass is 300 g/mol. The Morgan fingerprint density at radius 3 is 2.27 bits per heavy atom. The van der Waals surface area contributed by atoms with Gasteiger partial charge in [0, 0.05) is 5.56 Å². The molecule has 1 atom stereocenters. The first-order valence-corrected chi connectivity index (χ1v) is 6.44. The molecule has 6 nitrogen and oxygen atoms in total. The van der Waals surface area contributed by atoms with Gasteiger partial charge in [-0.3, -0.25) is 0 Å².